The number of fused-ring (bicyclic) bond motifs is 1. The minimum Gasteiger partial charge on any atom is -0.392 e. The second-order valence-corrected chi connectivity index (χ2v) is 8.15. The van der Waals surface area contributed by atoms with Crippen LogP contribution < -0.4 is 0 Å². The summed E-state index contributed by atoms with van der Waals surface area (Å²) in [7, 11) is 0. The number of hydrogen-bond donors (Lipinski definition) is 1. The van der Waals surface area contributed by atoms with Crippen LogP contribution in [0.1, 0.15) is 80.9 Å². The molecule has 1 fully saturated rings. The van der Waals surface area contributed by atoms with Crippen LogP contribution in [0.5, 0.6) is 0 Å². The van der Waals surface area contributed by atoms with Gasteiger partial charge >= 0.3 is 0 Å². The van der Waals surface area contributed by atoms with Gasteiger partial charge in [-0.3, -0.25) is 0 Å². The van der Waals surface area contributed by atoms with Gasteiger partial charge < -0.3 is 5.11 Å². The Kier molecular flexibility index (Phi) is 6.04. The number of benzene rings is 1. The fourth-order valence-electron chi connectivity index (χ4n) is 4.67. The van der Waals surface area contributed by atoms with Crippen LogP contribution in [0.3, 0.4) is 0 Å². The summed E-state index contributed by atoms with van der Waals surface area (Å²) in [5.74, 6) is 0.683. The molecule has 2 heteroatoms. The van der Waals surface area contributed by atoms with Crippen molar-refractivity contribution in [3.8, 4) is 0 Å². The quantitative estimate of drug-likeness (QED) is 0.507. The lowest BCUT2D eigenvalue weighted by atomic mass is 9.83. The van der Waals surface area contributed by atoms with Crippen molar-refractivity contribution in [3.63, 3.8) is 0 Å². The van der Waals surface area contributed by atoms with E-state index in [0.717, 1.165) is 12.8 Å². The maximum atomic E-state index is 10.6. The van der Waals surface area contributed by atoms with E-state index in [1.165, 1.54) is 68.1 Å². The van der Waals surface area contributed by atoms with Gasteiger partial charge in [-0.2, -0.15) is 0 Å². The Morgan fingerprint density at radius 1 is 1.09 bits per heavy atom. The molecule has 0 amide bonds. The third kappa shape index (κ3) is 3.94. The van der Waals surface area contributed by atoms with E-state index in [2.05, 4.69) is 25.1 Å². The van der Waals surface area contributed by atoms with E-state index in [0.29, 0.717) is 5.92 Å². The maximum absolute atomic E-state index is 10.6. The third-order valence-corrected chi connectivity index (χ3v) is 6.46. The number of aliphatic hydroxyl groups is 1. The summed E-state index contributed by atoms with van der Waals surface area (Å²) in [5, 5.41) is 10.7. The average Bonchev–Trinajstić information content (AvgIpc) is 3.10. The number of aryl methyl sites for hydroxylation is 2. The zero-order chi connectivity index (χ0) is 16.2. The molecule has 1 N–H and O–H groups in total. The van der Waals surface area contributed by atoms with E-state index in [-0.39, 0.29) is 17.4 Å². The van der Waals surface area contributed by atoms with Crippen LogP contribution in [0, 0.1) is 5.92 Å². The molecule has 0 radical (unpaired) electrons. The van der Waals surface area contributed by atoms with Gasteiger partial charge in [-0.25, -0.2) is 0 Å². The van der Waals surface area contributed by atoms with E-state index in [1.807, 2.05) is 0 Å². The van der Waals surface area contributed by atoms with Gasteiger partial charge in [0, 0.05) is 11.3 Å². The SMILES string of the molecule is CCCCCCC[C@@H]1[C@@H](c2ccc3c(c2)CCC3)[C@H](O)C[C@H]1Cl. The maximum Gasteiger partial charge on any atom is 0.0626 e. The first kappa shape index (κ1) is 17.3. The molecule has 2 aliphatic carbocycles. The summed E-state index contributed by atoms with van der Waals surface area (Å²) in [6.07, 6.45) is 11.9. The number of halogens is 1. The second-order valence-electron chi connectivity index (χ2n) is 7.59. The van der Waals surface area contributed by atoms with Crippen molar-refractivity contribution in [2.45, 2.75) is 88.5 Å². The highest BCUT2D eigenvalue weighted by Crippen LogP contribution is 2.46. The monoisotopic (exact) mass is 334 g/mol. The predicted octanol–water partition coefficient (Wildman–Crippen LogP) is 5.61. The lowest BCUT2D eigenvalue weighted by Crippen LogP contribution is -2.19. The van der Waals surface area contributed by atoms with Crippen molar-refractivity contribution in [1.82, 2.24) is 0 Å². The van der Waals surface area contributed by atoms with Crippen LogP contribution in [-0.2, 0) is 12.8 Å². The second kappa shape index (κ2) is 8.03. The lowest BCUT2D eigenvalue weighted by molar-refractivity contribution is 0.153. The van der Waals surface area contributed by atoms with Gasteiger partial charge in [0.25, 0.3) is 0 Å². The highest BCUT2D eigenvalue weighted by molar-refractivity contribution is 6.21. The van der Waals surface area contributed by atoms with E-state index in [1.54, 1.807) is 0 Å². The molecule has 1 aromatic carbocycles. The summed E-state index contributed by atoms with van der Waals surface area (Å²) in [4.78, 5) is 0. The molecule has 0 heterocycles. The minimum atomic E-state index is -0.266. The molecule has 23 heavy (non-hydrogen) atoms. The Labute approximate surface area is 146 Å². The van der Waals surface area contributed by atoms with Crippen molar-refractivity contribution >= 4 is 11.6 Å². The van der Waals surface area contributed by atoms with E-state index in [4.69, 9.17) is 11.6 Å². The largest absolute Gasteiger partial charge is 0.392 e. The van der Waals surface area contributed by atoms with Gasteiger partial charge in [-0.15, -0.1) is 11.6 Å². The van der Waals surface area contributed by atoms with Crippen LogP contribution in [0.4, 0.5) is 0 Å². The highest BCUT2D eigenvalue weighted by Gasteiger charge is 2.42. The lowest BCUT2D eigenvalue weighted by Gasteiger charge is -2.24. The number of unbranched alkanes of at least 4 members (excludes halogenated alkanes) is 4. The van der Waals surface area contributed by atoms with E-state index < -0.39 is 0 Å². The third-order valence-electron chi connectivity index (χ3n) is 5.96. The van der Waals surface area contributed by atoms with Crippen LogP contribution in [-0.4, -0.2) is 16.6 Å². The normalized spacial score (nSPS) is 29.9. The standard InChI is InChI=1S/C21H31ClO/c1-2-3-4-5-6-10-18-19(22)14-20(23)21(18)17-12-11-15-8-7-9-16(15)13-17/h11-13,18-21,23H,2-10,14H2,1H3/t18-,19+,20+,21+/m0/s1. The topological polar surface area (TPSA) is 20.2 Å². The van der Waals surface area contributed by atoms with Gasteiger partial charge in [0.15, 0.2) is 0 Å². The van der Waals surface area contributed by atoms with Crippen LogP contribution in [0.2, 0.25) is 0 Å². The summed E-state index contributed by atoms with van der Waals surface area (Å²) in [5.41, 5.74) is 4.36. The number of hydrogen-bond acceptors (Lipinski definition) is 1. The van der Waals surface area contributed by atoms with Gasteiger partial charge in [0.1, 0.15) is 0 Å². The Bertz CT molecular complexity index is 513. The first-order chi connectivity index (χ1) is 11.2. The molecule has 1 nitrogen and oxygen atoms in total. The molecule has 0 aromatic heterocycles. The molecule has 0 spiro atoms. The predicted molar refractivity (Wildman–Crippen MR) is 98.3 cm³/mol. The Balaban J connectivity index is 1.67. The van der Waals surface area contributed by atoms with Gasteiger partial charge in [-0.1, -0.05) is 57.2 Å². The highest BCUT2D eigenvalue weighted by atomic mass is 35.5. The number of alkyl halides is 1. The van der Waals surface area contributed by atoms with Crippen molar-refractivity contribution in [2.75, 3.05) is 0 Å². The van der Waals surface area contributed by atoms with Crippen molar-refractivity contribution in [2.24, 2.45) is 5.92 Å². The Hall–Kier alpha value is -0.530. The number of aliphatic hydroxyl groups excluding tert-OH is 1. The first-order valence-electron chi connectivity index (χ1n) is 9.64. The van der Waals surface area contributed by atoms with E-state index in [9.17, 15) is 5.11 Å². The van der Waals surface area contributed by atoms with Crippen LogP contribution >= 0.6 is 11.6 Å². The van der Waals surface area contributed by atoms with Gasteiger partial charge in [0.2, 0.25) is 0 Å². The fourth-order valence-corrected chi connectivity index (χ4v) is 5.14. The molecule has 1 saturated carbocycles. The molecule has 0 bridgehead atoms. The van der Waals surface area contributed by atoms with E-state index >= 15 is 0 Å². The fraction of sp³-hybridized carbons (Fsp3) is 0.714. The first-order valence-corrected chi connectivity index (χ1v) is 10.1. The van der Waals surface area contributed by atoms with Crippen molar-refractivity contribution in [3.05, 3.63) is 34.9 Å². The molecule has 0 aliphatic heterocycles. The molecule has 4 atom stereocenters. The summed E-state index contributed by atoms with van der Waals surface area (Å²) >= 11 is 6.62. The van der Waals surface area contributed by atoms with Crippen molar-refractivity contribution in [1.29, 1.82) is 0 Å². The molecule has 2 aliphatic rings. The molecule has 0 unspecified atom stereocenters. The summed E-state index contributed by atoms with van der Waals surface area (Å²) in [6, 6.07) is 6.93. The number of rotatable bonds is 7. The molecule has 0 saturated heterocycles. The molecular formula is C21H31ClO. The zero-order valence-electron chi connectivity index (χ0n) is 14.4. The Morgan fingerprint density at radius 3 is 2.70 bits per heavy atom. The van der Waals surface area contributed by atoms with Crippen molar-refractivity contribution < 1.29 is 5.11 Å². The van der Waals surface area contributed by atoms with Gasteiger partial charge in [0.05, 0.1) is 6.10 Å². The molecular weight excluding hydrogens is 304 g/mol. The Morgan fingerprint density at radius 2 is 1.87 bits per heavy atom. The minimum absolute atomic E-state index is 0.134. The van der Waals surface area contributed by atoms with Gasteiger partial charge in [-0.05, 0) is 54.7 Å². The van der Waals surface area contributed by atoms with Crippen LogP contribution in [0.25, 0.3) is 0 Å². The molecule has 1 aromatic rings. The average molecular weight is 335 g/mol. The smallest absolute Gasteiger partial charge is 0.0626 e. The molecule has 128 valence electrons. The zero-order valence-corrected chi connectivity index (χ0v) is 15.2. The summed E-state index contributed by atoms with van der Waals surface area (Å²) in [6.45, 7) is 2.26. The summed E-state index contributed by atoms with van der Waals surface area (Å²) < 4.78 is 0. The van der Waals surface area contributed by atoms with Crippen LogP contribution in [0.15, 0.2) is 18.2 Å². The molecule has 3 rings (SSSR count).